The van der Waals surface area contributed by atoms with Gasteiger partial charge in [-0.05, 0) is 48.6 Å². The zero-order valence-corrected chi connectivity index (χ0v) is 25.8. The molecule has 0 amide bonds. The van der Waals surface area contributed by atoms with E-state index in [1.165, 1.54) is 35.7 Å². The molecule has 1 aliphatic heterocycles. The van der Waals surface area contributed by atoms with Crippen molar-refractivity contribution in [2.75, 3.05) is 13.7 Å². The number of benzene rings is 3. The third-order valence-electron chi connectivity index (χ3n) is 8.45. The second-order valence-electron chi connectivity index (χ2n) is 10.5. The lowest BCUT2D eigenvalue weighted by Gasteiger charge is -2.47. The molecule has 42 heavy (non-hydrogen) atoms. The standard InChI is InChI=1S/C23H33NOSi.C10H9F3O3/c1-4-26(5-2,6-3)25-23(22-18-13-19-24-22,20-14-9-7-10-15-20)21-16-11-8-12-17-21;1-16-9(8(14)15,10(11,12)13)7-5-3-2-4-6-7/h7-12,14-17,22,24H,4-6,13,18-19H2,1-3H3;2-6H,1H3,(H,14,15)/t22-;9-/m01/s1. The Labute approximate surface area is 248 Å². The molecule has 2 N–H and O–H groups in total. The number of halogens is 3. The van der Waals surface area contributed by atoms with Crippen LogP contribution >= 0.6 is 0 Å². The number of methoxy groups -OCH3 is 1. The number of carbonyl (C=O) groups is 1. The molecule has 3 aromatic carbocycles. The molecule has 0 aromatic heterocycles. The zero-order chi connectivity index (χ0) is 30.9. The molecule has 0 bridgehead atoms. The van der Waals surface area contributed by atoms with E-state index in [9.17, 15) is 18.0 Å². The molecule has 228 valence electrons. The van der Waals surface area contributed by atoms with Crippen molar-refractivity contribution in [3.05, 3.63) is 108 Å². The van der Waals surface area contributed by atoms with Gasteiger partial charge in [-0.1, -0.05) is 112 Å². The Kier molecular flexibility index (Phi) is 11.5. The summed E-state index contributed by atoms with van der Waals surface area (Å²) in [5.74, 6) is -2.09. The van der Waals surface area contributed by atoms with Crippen LogP contribution in [0.2, 0.25) is 18.1 Å². The number of hydrogen-bond acceptors (Lipinski definition) is 4. The summed E-state index contributed by atoms with van der Waals surface area (Å²) in [7, 11) is -1.11. The van der Waals surface area contributed by atoms with Crippen LogP contribution in [0.15, 0.2) is 91.0 Å². The number of carboxylic acids is 1. The Balaban J connectivity index is 0.000000260. The van der Waals surface area contributed by atoms with Crippen LogP contribution in [0.25, 0.3) is 0 Å². The van der Waals surface area contributed by atoms with E-state index in [1.807, 2.05) is 0 Å². The summed E-state index contributed by atoms with van der Waals surface area (Å²) in [6, 6.07) is 31.9. The summed E-state index contributed by atoms with van der Waals surface area (Å²) < 4.78 is 50.0. The number of alkyl halides is 3. The molecule has 1 heterocycles. The van der Waals surface area contributed by atoms with Crippen LogP contribution in [-0.4, -0.2) is 45.3 Å². The lowest BCUT2D eigenvalue weighted by molar-refractivity contribution is -0.273. The van der Waals surface area contributed by atoms with Crippen LogP contribution in [0.5, 0.6) is 0 Å². The molecule has 3 aromatic rings. The van der Waals surface area contributed by atoms with E-state index in [4.69, 9.17) is 9.53 Å². The van der Waals surface area contributed by atoms with E-state index in [2.05, 4.69) is 91.5 Å². The summed E-state index contributed by atoms with van der Waals surface area (Å²) >= 11 is 0. The molecule has 1 fully saturated rings. The Morgan fingerprint density at radius 3 is 1.57 bits per heavy atom. The molecule has 0 radical (unpaired) electrons. The Bertz CT molecular complexity index is 1190. The highest BCUT2D eigenvalue weighted by atomic mass is 28.4. The van der Waals surface area contributed by atoms with Gasteiger partial charge in [-0.2, -0.15) is 13.2 Å². The average molecular weight is 602 g/mol. The maximum atomic E-state index is 12.8. The molecule has 0 saturated carbocycles. The van der Waals surface area contributed by atoms with Gasteiger partial charge in [0.05, 0.1) is 0 Å². The number of nitrogens with one attached hydrogen (secondary N) is 1. The van der Waals surface area contributed by atoms with Crippen molar-refractivity contribution in [1.82, 2.24) is 5.32 Å². The van der Waals surface area contributed by atoms with E-state index in [1.54, 1.807) is 0 Å². The maximum absolute atomic E-state index is 12.8. The molecule has 0 aliphatic carbocycles. The van der Waals surface area contributed by atoms with E-state index < -0.39 is 37.2 Å². The first-order valence-corrected chi connectivity index (χ1v) is 17.0. The molecular formula is C33H42F3NO4Si. The smallest absolute Gasteiger partial charge is 0.432 e. The van der Waals surface area contributed by atoms with Crippen LogP contribution in [-0.2, 0) is 25.2 Å². The maximum Gasteiger partial charge on any atom is 0.432 e. The van der Waals surface area contributed by atoms with Crippen molar-refractivity contribution in [3.63, 3.8) is 0 Å². The van der Waals surface area contributed by atoms with Crippen LogP contribution in [0.4, 0.5) is 13.2 Å². The average Bonchev–Trinajstić information content (AvgIpc) is 3.56. The minimum Gasteiger partial charge on any atom is -0.479 e. The number of hydrogen-bond donors (Lipinski definition) is 2. The number of aliphatic carboxylic acids is 1. The molecule has 0 unspecified atom stereocenters. The van der Waals surface area contributed by atoms with Crippen LogP contribution in [0.3, 0.4) is 0 Å². The van der Waals surface area contributed by atoms with Crippen molar-refractivity contribution in [3.8, 4) is 0 Å². The summed E-state index contributed by atoms with van der Waals surface area (Å²) in [5.41, 5.74) is -1.59. The third-order valence-corrected chi connectivity index (χ3v) is 13.1. The minimum atomic E-state index is -5.03. The van der Waals surface area contributed by atoms with E-state index in [-0.39, 0.29) is 0 Å². The molecule has 1 aliphatic rings. The van der Waals surface area contributed by atoms with Crippen molar-refractivity contribution < 1.29 is 32.2 Å². The topological polar surface area (TPSA) is 67.8 Å². The van der Waals surface area contributed by atoms with Crippen LogP contribution in [0, 0.1) is 0 Å². The van der Waals surface area contributed by atoms with Gasteiger partial charge in [0.15, 0.2) is 8.32 Å². The predicted octanol–water partition coefficient (Wildman–Crippen LogP) is 7.88. The first-order valence-electron chi connectivity index (χ1n) is 14.5. The quantitative estimate of drug-likeness (QED) is 0.219. The Morgan fingerprint density at radius 1 is 0.833 bits per heavy atom. The zero-order valence-electron chi connectivity index (χ0n) is 24.8. The molecule has 2 atom stereocenters. The molecule has 1 saturated heterocycles. The number of carboxylic acid groups (broad SMARTS) is 1. The van der Waals surface area contributed by atoms with Gasteiger partial charge < -0.3 is 19.6 Å². The van der Waals surface area contributed by atoms with Crippen molar-refractivity contribution >= 4 is 14.3 Å². The van der Waals surface area contributed by atoms with Gasteiger partial charge >= 0.3 is 12.1 Å². The first-order chi connectivity index (χ1) is 20.1. The lowest BCUT2D eigenvalue weighted by atomic mass is 9.79. The number of ether oxygens (including phenoxy) is 1. The van der Waals surface area contributed by atoms with Gasteiger partial charge in [-0.3, -0.25) is 0 Å². The highest BCUT2D eigenvalue weighted by Crippen LogP contribution is 2.45. The Hall–Kier alpha value is -2.98. The third kappa shape index (κ3) is 6.64. The van der Waals surface area contributed by atoms with Crippen LogP contribution < -0.4 is 5.32 Å². The van der Waals surface area contributed by atoms with Crippen molar-refractivity contribution in [2.24, 2.45) is 0 Å². The highest BCUT2D eigenvalue weighted by molar-refractivity contribution is 6.73. The highest BCUT2D eigenvalue weighted by Gasteiger charge is 2.63. The fourth-order valence-electron chi connectivity index (χ4n) is 5.87. The van der Waals surface area contributed by atoms with Crippen molar-refractivity contribution in [2.45, 2.75) is 75.2 Å². The van der Waals surface area contributed by atoms with E-state index in [0.29, 0.717) is 13.2 Å². The molecular weight excluding hydrogens is 559 g/mol. The van der Waals surface area contributed by atoms with Crippen molar-refractivity contribution in [1.29, 1.82) is 0 Å². The molecule has 4 rings (SSSR count). The fraction of sp³-hybridized carbons (Fsp3) is 0.424. The molecule has 0 spiro atoms. The van der Waals surface area contributed by atoms with Gasteiger partial charge in [0, 0.05) is 18.7 Å². The Morgan fingerprint density at radius 2 is 1.26 bits per heavy atom. The summed E-state index contributed by atoms with van der Waals surface area (Å²) in [4.78, 5) is 10.9. The van der Waals surface area contributed by atoms with Gasteiger partial charge in [0.2, 0.25) is 0 Å². The summed E-state index contributed by atoms with van der Waals surface area (Å²) in [6.45, 7) is 8.04. The van der Waals surface area contributed by atoms with Gasteiger partial charge in [0.1, 0.15) is 5.60 Å². The summed E-state index contributed by atoms with van der Waals surface area (Å²) in [5, 5.41) is 12.6. The lowest BCUT2D eigenvalue weighted by Crippen LogP contribution is -2.55. The monoisotopic (exact) mass is 601 g/mol. The molecule has 9 heteroatoms. The number of rotatable bonds is 11. The van der Waals surface area contributed by atoms with Gasteiger partial charge in [0.25, 0.3) is 5.60 Å². The first kappa shape index (κ1) is 33.5. The molecule has 5 nitrogen and oxygen atoms in total. The second-order valence-corrected chi connectivity index (χ2v) is 15.2. The van der Waals surface area contributed by atoms with Gasteiger partial charge in [-0.25, -0.2) is 4.79 Å². The van der Waals surface area contributed by atoms with Gasteiger partial charge in [-0.15, -0.1) is 0 Å². The summed E-state index contributed by atoms with van der Waals surface area (Å²) in [6.07, 6.45) is -2.66. The second kappa shape index (κ2) is 14.5. The minimum absolute atomic E-state index is 0.323. The fourth-order valence-corrected chi connectivity index (χ4v) is 8.87. The largest absolute Gasteiger partial charge is 0.479 e. The van der Waals surface area contributed by atoms with E-state index >= 15 is 0 Å². The predicted molar refractivity (Wildman–Crippen MR) is 162 cm³/mol. The SMILES string of the molecule is CC[Si](CC)(CC)OC(c1ccccc1)(c1ccccc1)[C@@H]1CCCN1.CO[C@@](C(=O)O)(c1ccccc1)C(F)(F)F. The van der Waals surface area contributed by atoms with E-state index in [0.717, 1.165) is 43.2 Å². The normalized spacial score (nSPS) is 17.2. The van der Waals surface area contributed by atoms with Crippen LogP contribution in [0.1, 0.15) is 50.3 Å².